The van der Waals surface area contributed by atoms with Crippen molar-refractivity contribution in [1.82, 2.24) is 10.2 Å². The number of para-hydroxylation sites is 1. The van der Waals surface area contributed by atoms with Gasteiger partial charge in [0.25, 0.3) is 5.91 Å². The molecule has 21 heavy (non-hydrogen) atoms. The normalized spacial score (nSPS) is 18.5. The van der Waals surface area contributed by atoms with Crippen molar-refractivity contribution >= 4 is 5.91 Å². The third-order valence-electron chi connectivity index (χ3n) is 4.10. The Bertz CT molecular complexity index is 482. The molecule has 0 radical (unpaired) electrons. The predicted octanol–water partition coefficient (Wildman–Crippen LogP) is 2.69. The highest BCUT2D eigenvalue weighted by atomic mass is 16.3. The van der Waals surface area contributed by atoms with Crippen LogP contribution in [0.25, 0.3) is 0 Å². The van der Waals surface area contributed by atoms with Crippen molar-refractivity contribution in [1.29, 1.82) is 0 Å². The lowest BCUT2D eigenvalue weighted by atomic mass is 10.0. The Morgan fingerprint density at radius 1 is 1.43 bits per heavy atom. The number of piperidine rings is 1. The van der Waals surface area contributed by atoms with Crippen LogP contribution in [-0.2, 0) is 0 Å². The van der Waals surface area contributed by atoms with Gasteiger partial charge in [-0.1, -0.05) is 25.5 Å². The van der Waals surface area contributed by atoms with Crippen LogP contribution in [0.5, 0.6) is 5.75 Å². The van der Waals surface area contributed by atoms with E-state index in [1.807, 2.05) is 24.0 Å². The summed E-state index contributed by atoms with van der Waals surface area (Å²) in [5.74, 6) is 0.0469. The first kappa shape index (κ1) is 15.8. The molecule has 2 N–H and O–H groups in total. The number of nitrogens with one attached hydrogen (secondary N) is 1. The maximum Gasteiger partial charge on any atom is 0.257 e. The molecule has 1 heterocycles. The van der Waals surface area contributed by atoms with Crippen molar-refractivity contribution in [2.24, 2.45) is 0 Å². The van der Waals surface area contributed by atoms with Crippen molar-refractivity contribution in [3.05, 3.63) is 29.3 Å². The molecule has 1 saturated heterocycles. The first-order valence-corrected chi connectivity index (χ1v) is 7.94. The summed E-state index contributed by atoms with van der Waals surface area (Å²) in [6.45, 7) is 6.38. The molecule has 4 heteroatoms. The van der Waals surface area contributed by atoms with E-state index < -0.39 is 0 Å². The molecule has 1 fully saturated rings. The van der Waals surface area contributed by atoms with E-state index in [0.717, 1.165) is 38.0 Å². The minimum absolute atomic E-state index is 0.0644. The van der Waals surface area contributed by atoms with Crippen molar-refractivity contribution in [3.63, 3.8) is 0 Å². The lowest BCUT2D eigenvalue weighted by molar-refractivity contribution is 0.0728. The second-order valence-corrected chi connectivity index (χ2v) is 5.87. The van der Waals surface area contributed by atoms with Crippen molar-refractivity contribution in [3.8, 4) is 5.75 Å². The van der Waals surface area contributed by atoms with Crippen LogP contribution in [0.4, 0.5) is 0 Å². The quantitative estimate of drug-likeness (QED) is 0.876. The van der Waals surface area contributed by atoms with E-state index in [1.165, 1.54) is 12.8 Å². The Morgan fingerprint density at radius 3 is 2.90 bits per heavy atom. The summed E-state index contributed by atoms with van der Waals surface area (Å²) >= 11 is 0. The molecule has 1 aliphatic heterocycles. The van der Waals surface area contributed by atoms with Crippen LogP contribution in [-0.4, -0.2) is 41.6 Å². The smallest absolute Gasteiger partial charge is 0.257 e. The molecule has 1 aromatic rings. The molecule has 1 atom stereocenters. The highest BCUT2D eigenvalue weighted by Crippen LogP contribution is 2.23. The van der Waals surface area contributed by atoms with Crippen LogP contribution in [0.1, 0.15) is 48.5 Å². The second-order valence-electron chi connectivity index (χ2n) is 5.87. The van der Waals surface area contributed by atoms with Crippen LogP contribution >= 0.6 is 0 Å². The molecular weight excluding hydrogens is 264 g/mol. The summed E-state index contributed by atoms with van der Waals surface area (Å²) in [7, 11) is 0. The second kappa shape index (κ2) is 7.46. The minimum atomic E-state index is -0.0644. The fourth-order valence-electron chi connectivity index (χ4n) is 2.89. The molecule has 0 bridgehead atoms. The van der Waals surface area contributed by atoms with E-state index in [2.05, 4.69) is 12.2 Å². The molecule has 0 aromatic heterocycles. The monoisotopic (exact) mass is 290 g/mol. The Labute approximate surface area is 127 Å². The maximum atomic E-state index is 12.7. The summed E-state index contributed by atoms with van der Waals surface area (Å²) < 4.78 is 0. The number of carbonyl (C=O) groups is 1. The van der Waals surface area contributed by atoms with Crippen molar-refractivity contribution in [2.45, 2.75) is 45.6 Å². The number of aryl methyl sites for hydroxylation is 1. The number of carbonyl (C=O) groups excluding carboxylic acids is 1. The van der Waals surface area contributed by atoms with Gasteiger partial charge in [-0.3, -0.25) is 4.79 Å². The lowest BCUT2D eigenvalue weighted by Crippen LogP contribution is -2.46. The third kappa shape index (κ3) is 3.97. The average Bonchev–Trinajstić information content (AvgIpc) is 2.50. The minimum Gasteiger partial charge on any atom is -0.507 e. The number of hydrogen-bond acceptors (Lipinski definition) is 3. The van der Waals surface area contributed by atoms with Gasteiger partial charge in [-0.2, -0.15) is 0 Å². The van der Waals surface area contributed by atoms with E-state index in [-0.39, 0.29) is 11.7 Å². The molecule has 1 aromatic carbocycles. The highest BCUT2D eigenvalue weighted by molar-refractivity contribution is 5.97. The highest BCUT2D eigenvalue weighted by Gasteiger charge is 2.23. The summed E-state index contributed by atoms with van der Waals surface area (Å²) in [6, 6.07) is 5.73. The van der Waals surface area contributed by atoms with Gasteiger partial charge in [0.15, 0.2) is 0 Å². The Hall–Kier alpha value is -1.55. The number of benzene rings is 1. The van der Waals surface area contributed by atoms with E-state index in [9.17, 15) is 9.90 Å². The Kier molecular flexibility index (Phi) is 5.62. The SMILES string of the molecule is CCCN(CC1CCCCN1)C(=O)c1cccc(C)c1O. The maximum absolute atomic E-state index is 12.7. The molecule has 0 saturated carbocycles. The molecule has 116 valence electrons. The van der Waals surface area contributed by atoms with E-state index in [0.29, 0.717) is 11.6 Å². The zero-order chi connectivity index (χ0) is 15.2. The van der Waals surface area contributed by atoms with Gasteiger partial charge in [-0.15, -0.1) is 0 Å². The largest absolute Gasteiger partial charge is 0.507 e. The fourth-order valence-corrected chi connectivity index (χ4v) is 2.89. The van der Waals surface area contributed by atoms with Gasteiger partial charge in [-0.05, 0) is 44.4 Å². The van der Waals surface area contributed by atoms with Gasteiger partial charge < -0.3 is 15.3 Å². The zero-order valence-corrected chi connectivity index (χ0v) is 13.1. The van der Waals surface area contributed by atoms with Gasteiger partial charge >= 0.3 is 0 Å². The first-order valence-electron chi connectivity index (χ1n) is 7.94. The Morgan fingerprint density at radius 2 is 2.24 bits per heavy atom. The number of phenolic OH excluding ortho intramolecular Hbond substituents is 1. The van der Waals surface area contributed by atoms with Crippen LogP contribution in [0.2, 0.25) is 0 Å². The van der Waals surface area contributed by atoms with Crippen molar-refractivity contribution in [2.75, 3.05) is 19.6 Å². The van der Waals surface area contributed by atoms with E-state index in [4.69, 9.17) is 0 Å². The van der Waals surface area contributed by atoms with Gasteiger partial charge in [0.05, 0.1) is 5.56 Å². The first-order chi connectivity index (χ1) is 10.1. The van der Waals surface area contributed by atoms with E-state index in [1.54, 1.807) is 6.07 Å². The van der Waals surface area contributed by atoms with E-state index >= 15 is 0 Å². The Balaban J connectivity index is 2.12. The van der Waals surface area contributed by atoms with Gasteiger partial charge in [0.1, 0.15) is 5.75 Å². The standard InChI is InChI=1S/C17H26N2O2/c1-3-11-19(12-14-8-4-5-10-18-14)17(21)15-9-6-7-13(2)16(15)20/h6-7,9,14,18,20H,3-5,8,10-12H2,1-2H3. The average molecular weight is 290 g/mol. The number of amides is 1. The topological polar surface area (TPSA) is 52.6 Å². The summed E-state index contributed by atoms with van der Waals surface area (Å²) in [5.41, 5.74) is 1.16. The molecule has 1 amide bonds. The molecular formula is C17H26N2O2. The van der Waals surface area contributed by atoms with Crippen molar-refractivity contribution < 1.29 is 9.90 Å². The molecule has 1 unspecified atom stereocenters. The van der Waals surface area contributed by atoms with Crippen LogP contribution in [0.15, 0.2) is 18.2 Å². The molecule has 4 nitrogen and oxygen atoms in total. The van der Waals surface area contributed by atoms with Crippen LogP contribution in [0, 0.1) is 6.92 Å². The number of aromatic hydroxyl groups is 1. The predicted molar refractivity (Wildman–Crippen MR) is 84.7 cm³/mol. The molecule has 1 aliphatic rings. The number of hydrogen-bond donors (Lipinski definition) is 2. The number of phenols is 1. The third-order valence-corrected chi connectivity index (χ3v) is 4.10. The van der Waals surface area contributed by atoms with Gasteiger partial charge in [-0.25, -0.2) is 0 Å². The summed E-state index contributed by atoms with van der Waals surface area (Å²) in [5, 5.41) is 13.6. The lowest BCUT2D eigenvalue weighted by Gasteiger charge is -2.30. The molecule has 0 aliphatic carbocycles. The number of rotatable bonds is 5. The van der Waals surface area contributed by atoms with Crippen LogP contribution in [0.3, 0.4) is 0 Å². The molecule has 2 rings (SSSR count). The molecule has 0 spiro atoms. The van der Waals surface area contributed by atoms with Gasteiger partial charge in [0.2, 0.25) is 0 Å². The summed E-state index contributed by atoms with van der Waals surface area (Å²) in [6.07, 6.45) is 4.48. The fraction of sp³-hybridized carbons (Fsp3) is 0.588. The zero-order valence-electron chi connectivity index (χ0n) is 13.1. The number of nitrogens with zero attached hydrogens (tertiary/aromatic N) is 1. The summed E-state index contributed by atoms with van der Waals surface area (Å²) in [4.78, 5) is 14.6. The van der Waals surface area contributed by atoms with Crippen LogP contribution < -0.4 is 5.32 Å². The van der Waals surface area contributed by atoms with Gasteiger partial charge in [0, 0.05) is 19.1 Å².